The Kier molecular flexibility index (Phi) is 6.34. The van der Waals surface area contributed by atoms with Gasteiger partial charge in [-0.05, 0) is 61.7 Å². The van der Waals surface area contributed by atoms with E-state index < -0.39 is 0 Å². The zero-order valence-corrected chi connectivity index (χ0v) is 15.7. The van der Waals surface area contributed by atoms with Crippen molar-refractivity contribution in [1.29, 1.82) is 0 Å². The summed E-state index contributed by atoms with van der Waals surface area (Å²) in [6.07, 6.45) is 0.811. The lowest BCUT2D eigenvalue weighted by Crippen LogP contribution is -2.07. The molecule has 0 saturated carbocycles. The highest BCUT2D eigenvalue weighted by molar-refractivity contribution is 9.10. The predicted molar refractivity (Wildman–Crippen MR) is 97.0 cm³/mol. The molecule has 0 heterocycles. The third-order valence-corrected chi connectivity index (χ3v) is 3.99. The lowest BCUT2D eigenvalue weighted by Gasteiger charge is -2.14. The van der Waals surface area contributed by atoms with Crippen molar-refractivity contribution >= 4 is 15.9 Å². The predicted octanol–water partition coefficient (Wildman–Crippen LogP) is 5.23. The molecular formula is C19H23BrO3. The fourth-order valence-electron chi connectivity index (χ4n) is 2.43. The summed E-state index contributed by atoms with van der Waals surface area (Å²) in [4.78, 5) is 0. The average molecular weight is 379 g/mol. The Morgan fingerprint density at radius 3 is 2.17 bits per heavy atom. The fourth-order valence-corrected chi connectivity index (χ4v) is 3.12. The van der Waals surface area contributed by atoms with Gasteiger partial charge in [0.25, 0.3) is 0 Å². The van der Waals surface area contributed by atoms with Crippen LogP contribution >= 0.6 is 15.9 Å². The Hall–Kier alpha value is -1.68. The molecule has 2 rings (SSSR count). The van der Waals surface area contributed by atoms with Crippen molar-refractivity contribution in [3.05, 3.63) is 51.5 Å². The third kappa shape index (κ3) is 4.90. The van der Waals surface area contributed by atoms with Gasteiger partial charge in [0.15, 0.2) is 11.5 Å². The summed E-state index contributed by atoms with van der Waals surface area (Å²) < 4.78 is 18.1. The molecule has 0 N–H and O–H groups in total. The van der Waals surface area contributed by atoms with Gasteiger partial charge in [-0.3, -0.25) is 0 Å². The molecule has 0 atom stereocenters. The Morgan fingerprint density at radius 1 is 0.870 bits per heavy atom. The quantitative estimate of drug-likeness (QED) is 0.617. The van der Waals surface area contributed by atoms with E-state index in [4.69, 9.17) is 14.2 Å². The Balaban J connectivity index is 1.83. The maximum absolute atomic E-state index is 5.90. The molecule has 0 spiro atoms. The van der Waals surface area contributed by atoms with Crippen molar-refractivity contribution in [1.82, 2.24) is 0 Å². The first-order valence-corrected chi connectivity index (χ1v) is 8.47. The number of halogens is 1. The largest absolute Gasteiger partial charge is 0.493 e. The van der Waals surface area contributed by atoms with Crippen molar-refractivity contribution in [2.75, 3.05) is 20.3 Å². The molecule has 4 heteroatoms. The highest BCUT2D eigenvalue weighted by atomic mass is 79.9. The molecule has 124 valence electrons. The van der Waals surface area contributed by atoms with Crippen LogP contribution in [0.25, 0.3) is 0 Å². The second-order valence-electron chi connectivity index (χ2n) is 5.57. The van der Waals surface area contributed by atoms with E-state index in [0.29, 0.717) is 13.2 Å². The Labute approximate surface area is 146 Å². The standard InChI is InChI=1S/C19H23BrO3/c1-13-6-7-17(18(10-13)21-4)22-8-5-9-23-19-14(2)11-16(20)12-15(19)3/h6-7,10-12H,5,8-9H2,1-4H3. The topological polar surface area (TPSA) is 27.7 Å². The normalized spacial score (nSPS) is 10.5. The van der Waals surface area contributed by atoms with Crippen molar-refractivity contribution in [3.8, 4) is 17.2 Å². The van der Waals surface area contributed by atoms with Gasteiger partial charge < -0.3 is 14.2 Å². The van der Waals surface area contributed by atoms with E-state index in [1.165, 1.54) is 0 Å². The van der Waals surface area contributed by atoms with Gasteiger partial charge in [0, 0.05) is 10.9 Å². The van der Waals surface area contributed by atoms with Crippen LogP contribution in [0.15, 0.2) is 34.8 Å². The van der Waals surface area contributed by atoms with Gasteiger partial charge in [0.05, 0.1) is 20.3 Å². The van der Waals surface area contributed by atoms with Crippen LogP contribution < -0.4 is 14.2 Å². The zero-order chi connectivity index (χ0) is 16.8. The van der Waals surface area contributed by atoms with Crippen LogP contribution in [0.1, 0.15) is 23.1 Å². The van der Waals surface area contributed by atoms with Crippen LogP contribution in [0.5, 0.6) is 17.2 Å². The molecule has 0 radical (unpaired) electrons. The molecule has 0 bridgehead atoms. The highest BCUT2D eigenvalue weighted by Gasteiger charge is 2.07. The van der Waals surface area contributed by atoms with Crippen LogP contribution in [0.4, 0.5) is 0 Å². The third-order valence-electron chi connectivity index (χ3n) is 3.54. The summed E-state index contributed by atoms with van der Waals surface area (Å²) >= 11 is 3.50. The van der Waals surface area contributed by atoms with E-state index in [-0.39, 0.29) is 0 Å². The second-order valence-corrected chi connectivity index (χ2v) is 6.49. The summed E-state index contributed by atoms with van der Waals surface area (Å²) in [5, 5.41) is 0. The monoisotopic (exact) mass is 378 g/mol. The van der Waals surface area contributed by atoms with Crippen molar-refractivity contribution < 1.29 is 14.2 Å². The van der Waals surface area contributed by atoms with Crippen molar-refractivity contribution in [2.24, 2.45) is 0 Å². The minimum atomic E-state index is 0.591. The van der Waals surface area contributed by atoms with Gasteiger partial charge in [0.2, 0.25) is 0 Å². The Morgan fingerprint density at radius 2 is 1.52 bits per heavy atom. The number of hydrogen-bond donors (Lipinski definition) is 0. The van der Waals surface area contributed by atoms with Gasteiger partial charge in [-0.1, -0.05) is 22.0 Å². The SMILES string of the molecule is COc1cc(C)ccc1OCCCOc1c(C)cc(Br)cc1C. The van der Waals surface area contributed by atoms with Gasteiger partial charge >= 0.3 is 0 Å². The molecule has 2 aromatic rings. The molecule has 0 saturated heterocycles. The molecule has 0 aliphatic heterocycles. The molecular weight excluding hydrogens is 356 g/mol. The minimum absolute atomic E-state index is 0.591. The maximum Gasteiger partial charge on any atom is 0.161 e. The number of aryl methyl sites for hydroxylation is 3. The average Bonchev–Trinajstić information content (AvgIpc) is 2.50. The molecule has 0 fully saturated rings. The van der Waals surface area contributed by atoms with E-state index >= 15 is 0 Å². The number of ether oxygens (including phenoxy) is 3. The molecule has 3 nitrogen and oxygen atoms in total. The van der Waals surface area contributed by atoms with Crippen LogP contribution in [0.2, 0.25) is 0 Å². The summed E-state index contributed by atoms with van der Waals surface area (Å²) in [7, 11) is 1.66. The first kappa shape index (κ1) is 17.7. The van der Waals surface area contributed by atoms with Gasteiger partial charge in [0.1, 0.15) is 5.75 Å². The molecule has 0 amide bonds. The van der Waals surface area contributed by atoms with Gasteiger partial charge in [-0.2, -0.15) is 0 Å². The first-order valence-electron chi connectivity index (χ1n) is 7.68. The van der Waals surface area contributed by atoms with Crippen LogP contribution in [-0.4, -0.2) is 20.3 Å². The lowest BCUT2D eigenvalue weighted by atomic mass is 10.1. The second kappa shape index (κ2) is 8.25. The van der Waals surface area contributed by atoms with Crippen molar-refractivity contribution in [2.45, 2.75) is 27.2 Å². The molecule has 0 aliphatic carbocycles. The Bertz CT molecular complexity index is 645. The van der Waals surface area contributed by atoms with E-state index in [2.05, 4.69) is 41.9 Å². The number of hydrogen-bond acceptors (Lipinski definition) is 3. The van der Waals surface area contributed by atoms with E-state index in [1.807, 2.05) is 25.1 Å². The molecule has 2 aromatic carbocycles. The first-order chi connectivity index (χ1) is 11.0. The number of benzene rings is 2. The molecule has 0 aliphatic rings. The molecule has 0 unspecified atom stereocenters. The van der Waals surface area contributed by atoms with E-state index in [9.17, 15) is 0 Å². The summed E-state index contributed by atoms with van der Waals surface area (Å²) in [5.74, 6) is 2.50. The zero-order valence-electron chi connectivity index (χ0n) is 14.1. The minimum Gasteiger partial charge on any atom is -0.493 e. The maximum atomic E-state index is 5.90. The summed E-state index contributed by atoms with van der Waals surface area (Å²) in [5.41, 5.74) is 3.43. The van der Waals surface area contributed by atoms with Crippen LogP contribution in [-0.2, 0) is 0 Å². The molecule has 0 aromatic heterocycles. The van der Waals surface area contributed by atoms with E-state index in [1.54, 1.807) is 7.11 Å². The van der Waals surface area contributed by atoms with Crippen molar-refractivity contribution in [3.63, 3.8) is 0 Å². The summed E-state index contributed by atoms with van der Waals surface area (Å²) in [6.45, 7) is 7.36. The lowest BCUT2D eigenvalue weighted by molar-refractivity contribution is 0.239. The van der Waals surface area contributed by atoms with Gasteiger partial charge in [-0.25, -0.2) is 0 Å². The molecule has 23 heavy (non-hydrogen) atoms. The van der Waals surface area contributed by atoms with E-state index in [0.717, 1.165) is 44.8 Å². The smallest absolute Gasteiger partial charge is 0.161 e. The highest BCUT2D eigenvalue weighted by Crippen LogP contribution is 2.29. The number of methoxy groups -OCH3 is 1. The summed E-state index contributed by atoms with van der Waals surface area (Å²) in [6, 6.07) is 10.1. The van der Waals surface area contributed by atoms with Crippen LogP contribution in [0.3, 0.4) is 0 Å². The van der Waals surface area contributed by atoms with Crippen LogP contribution in [0, 0.1) is 20.8 Å². The number of rotatable bonds is 7. The van der Waals surface area contributed by atoms with Gasteiger partial charge in [-0.15, -0.1) is 0 Å². The fraction of sp³-hybridized carbons (Fsp3) is 0.368.